The first-order chi connectivity index (χ1) is 16.3. The van der Waals surface area contributed by atoms with Crippen molar-refractivity contribution in [3.05, 3.63) is 65.4 Å². The van der Waals surface area contributed by atoms with Crippen LogP contribution < -0.4 is 15.0 Å². The van der Waals surface area contributed by atoms with E-state index >= 15 is 0 Å². The summed E-state index contributed by atoms with van der Waals surface area (Å²) in [5.41, 5.74) is 4.68. The number of ketones is 1. The molecule has 0 amide bonds. The summed E-state index contributed by atoms with van der Waals surface area (Å²) in [4.78, 5) is 20.3. The third-order valence-corrected chi connectivity index (χ3v) is 6.48. The average molecular weight is 458 g/mol. The molecule has 5 rings (SSSR count). The third-order valence-electron chi connectivity index (χ3n) is 6.48. The van der Waals surface area contributed by atoms with E-state index in [-0.39, 0.29) is 17.2 Å². The van der Waals surface area contributed by atoms with Gasteiger partial charge in [-0.1, -0.05) is 26.0 Å². The highest BCUT2D eigenvalue weighted by atomic mass is 16.5. The number of carbonyl (C=O) groups is 1. The predicted octanol–water partition coefficient (Wildman–Crippen LogP) is 5.07. The molecule has 0 radical (unpaired) electrons. The lowest BCUT2D eigenvalue weighted by molar-refractivity contribution is -0.118. The number of Topliss-reactive ketones (excluding diaryl/α,β-unsaturated/α-hetero) is 1. The summed E-state index contributed by atoms with van der Waals surface area (Å²) < 4.78 is 7.49. The summed E-state index contributed by atoms with van der Waals surface area (Å²) in [6, 6.07) is 15.8. The predicted molar refractivity (Wildman–Crippen MR) is 134 cm³/mol. The highest BCUT2D eigenvalue weighted by molar-refractivity contribution is 6.00. The van der Waals surface area contributed by atoms with Crippen LogP contribution in [0.25, 0.3) is 11.4 Å². The Bertz CT molecular complexity index is 1250. The topological polar surface area (TPSA) is 72.3 Å². The molecule has 34 heavy (non-hydrogen) atoms. The number of hydrogen-bond donors (Lipinski definition) is 1. The van der Waals surface area contributed by atoms with Crippen molar-refractivity contribution in [1.29, 1.82) is 0 Å². The lowest BCUT2D eigenvalue weighted by Crippen LogP contribution is -2.36. The van der Waals surface area contributed by atoms with Gasteiger partial charge in [0.1, 0.15) is 11.8 Å². The van der Waals surface area contributed by atoms with Crippen molar-refractivity contribution < 1.29 is 9.53 Å². The van der Waals surface area contributed by atoms with Crippen LogP contribution in [0.3, 0.4) is 0 Å². The molecule has 2 heterocycles. The second-order valence-electron chi connectivity index (χ2n) is 10.0. The molecule has 2 aliphatic rings. The van der Waals surface area contributed by atoms with Crippen LogP contribution in [0.5, 0.6) is 5.75 Å². The Morgan fingerprint density at radius 3 is 2.44 bits per heavy atom. The SMILES string of the molecule is CCOc1ccc(C2C3=C(CC(C)(C)CC3=O)Nc3nc(-c4ccc(N(C)C)cc4)nn32)cc1. The van der Waals surface area contributed by atoms with Crippen LogP contribution in [0.2, 0.25) is 0 Å². The fourth-order valence-electron chi connectivity index (χ4n) is 4.86. The van der Waals surface area contributed by atoms with Crippen LogP contribution in [0.1, 0.15) is 45.2 Å². The monoisotopic (exact) mass is 457 g/mol. The van der Waals surface area contributed by atoms with Gasteiger partial charge in [-0.3, -0.25) is 4.79 Å². The quantitative estimate of drug-likeness (QED) is 0.577. The van der Waals surface area contributed by atoms with Gasteiger partial charge < -0.3 is 15.0 Å². The van der Waals surface area contributed by atoms with Gasteiger partial charge in [0.2, 0.25) is 5.95 Å². The summed E-state index contributed by atoms with van der Waals surface area (Å²) >= 11 is 0. The van der Waals surface area contributed by atoms with Crippen molar-refractivity contribution in [2.45, 2.75) is 39.7 Å². The Morgan fingerprint density at radius 1 is 1.09 bits per heavy atom. The summed E-state index contributed by atoms with van der Waals surface area (Å²) in [5.74, 6) is 2.27. The number of allylic oxidation sites excluding steroid dienone is 2. The first-order valence-electron chi connectivity index (χ1n) is 11.8. The number of nitrogens with one attached hydrogen (secondary N) is 1. The second kappa shape index (κ2) is 8.31. The number of hydrogen-bond acceptors (Lipinski definition) is 6. The number of ether oxygens (including phenoxy) is 1. The van der Waals surface area contributed by atoms with Crippen LogP contribution in [0, 0.1) is 5.41 Å². The Kier molecular flexibility index (Phi) is 5.42. The van der Waals surface area contributed by atoms with Gasteiger partial charge in [0.05, 0.1) is 6.61 Å². The number of benzene rings is 2. The zero-order valence-electron chi connectivity index (χ0n) is 20.4. The molecule has 7 heteroatoms. The van der Waals surface area contributed by atoms with E-state index in [2.05, 4.69) is 36.2 Å². The van der Waals surface area contributed by atoms with Gasteiger partial charge in [0.25, 0.3) is 0 Å². The number of carbonyl (C=O) groups excluding carboxylic acids is 1. The molecule has 1 unspecified atom stereocenters. The minimum absolute atomic E-state index is 0.0979. The van der Waals surface area contributed by atoms with Crippen molar-refractivity contribution >= 4 is 17.4 Å². The van der Waals surface area contributed by atoms with Crippen molar-refractivity contribution in [2.75, 3.05) is 30.9 Å². The van der Waals surface area contributed by atoms with E-state index in [0.29, 0.717) is 24.8 Å². The van der Waals surface area contributed by atoms with Gasteiger partial charge in [0.15, 0.2) is 11.6 Å². The van der Waals surface area contributed by atoms with Crippen molar-refractivity contribution in [3.8, 4) is 17.1 Å². The van der Waals surface area contributed by atoms with Crippen molar-refractivity contribution in [2.24, 2.45) is 5.41 Å². The molecule has 0 saturated heterocycles. The Morgan fingerprint density at radius 2 is 1.79 bits per heavy atom. The highest BCUT2D eigenvalue weighted by Crippen LogP contribution is 2.45. The average Bonchev–Trinajstić information content (AvgIpc) is 3.21. The largest absolute Gasteiger partial charge is 0.494 e. The minimum atomic E-state index is -0.326. The van der Waals surface area contributed by atoms with Crippen LogP contribution in [-0.4, -0.2) is 41.2 Å². The molecule has 1 aromatic heterocycles. The Labute approximate surface area is 200 Å². The minimum Gasteiger partial charge on any atom is -0.494 e. The van der Waals surface area contributed by atoms with Gasteiger partial charge in [-0.15, -0.1) is 5.10 Å². The van der Waals surface area contributed by atoms with E-state index in [1.807, 2.05) is 62.1 Å². The molecule has 2 aromatic carbocycles. The zero-order valence-corrected chi connectivity index (χ0v) is 20.4. The number of aromatic nitrogens is 3. The van der Waals surface area contributed by atoms with Gasteiger partial charge >= 0.3 is 0 Å². The van der Waals surface area contributed by atoms with Crippen LogP contribution in [0.15, 0.2) is 59.8 Å². The lowest BCUT2D eigenvalue weighted by Gasteiger charge is -2.38. The van der Waals surface area contributed by atoms with E-state index < -0.39 is 0 Å². The Hall–Kier alpha value is -3.61. The summed E-state index contributed by atoms with van der Waals surface area (Å²) in [6.07, 6.45) is 1.31. The molecule has 1 N–H and O–H groups in total. The summed E-state index contributed by atoms with van der Waals surface area (Å²) in [5, 5.41) is 8.34. The molecule has 7 nitrogen and oxygen atoms in total. The molecule has 0 saturated carbocycles. The Balaban J connectivity index is 1.60. The highest BCUT2D eigenvalue weighted by Gasteiger charge is 2.41. The van der Waals surface area contributed by atoms with Crippen molar-refractivity contribution in [3.63, 3.8) is 0 Å². The summed E-state index contributed by atoms with van der Waals surface area (Å²) in [7, 11) is 4.03. The summed E-state index contributed by atoms with van der Waals surface area (Å²) in [6.45, 7) is 6.85. The molecule has 1 aliphatic carbocycles. The zero-order chi connectivity index (χ0) is 24.0. The number of nitrogens with zero attached hydrogens (tertiary/aromatic N) is 4. The maximum atomic E-state index is 13.4. The first-order valence-corrected chi connectivity index (χ1v) is 11.8. The van der Waals surface area contributed by atoms with E-state index in [0.717, 1.165) is 40.3 Å². The molecule has 0 bridgehead atoms. The van der Waals surface area contributed by atoms with Gasteiger partial charge in [-0.2, -0.15) is 4.98 Å². The molecular weight excluding hydrogens is 426 g/mol. The fourth-order valence-corrected chi connectivity index (χ4v) is 4.86. The van der Waals surface area contributed by atoms with Crippen molar-refractivity contribution in [1.82, 2.24) is 14.8 Å². The molecule has 3 aromatic rings. The molecule has 0 fully saturated rings. The molecular formula is C27H31N5O2. The lowest BCUT2D eigenvalue weighted by atomic mass is 9.73. The van der Waals surface area contributed by atoms with E-state index in [4.69, 9.17) is 14.8 Å². The maximum absolute atomic E-state index is 13.4. The smallest absolute Gasteiger partial charge is 0.226 e. The molecule has 1 atom stereocenters. The van der Waals surface area contributed by atoms with E-state index in [1.165, 1.54) is 0 Å². The fraction of sp³-hybridized carbons (Fsp3) is 0.370. The number of anilines is 2. The van der Waals surface area contributed by atoms with E-state index in [9.17, 15) is 4.79 Å². The van der Waals surface area contributed by atoms with Crippen LogP contribution in [-0.2, 0) is 4.79 Å². The normalized spacial score (nSPS) is 18.7. The maximum Gasteiger partial charge on any atom is 0.226 e. The van der Waals surface area contributed by atoms with Gasteiger partial charge in [0, 0.05) is 43.0 Å². The van der Waals surface area contributed by atoms with E-state index in [1.54, 1.807) is 0 Å². The second-order valence-corrected chi connectivity index (χ2v) is 10.0. The molecule has 0 spiro atoms. The van der Waals surface area contributed by atoms with Gasteiger partial charge in [-0.25, -0.2) is 4.68 Å². The molecule has 1 aliphatic heterocycles. The third kappa shape index (κ3) is 3.95. The number of fused-ring (bicyclic) bond motifs is 1. The van der Waals surface area contributed by atoms with Crippen LogP contribution in [0.4, 0.5) is 11.6 Å². The standard InChI is InChI=1S/C27H31N5O2/c1-6-34-20-13-9-17(10-14-20)24-23-21(15-27(2,3)16-22(23)33)28-26-29-25(30-32(24)26)18-7-11-19(12-8-18)31(4)5/h7-14,24H,6,15-16H2,1-5H3,(H,28,29,30). The van der Waals surface area contributed by atoms with Crippen LogP contribution >= 0.6 is 0 Å². The van der Waals surface area contributed by atoms with Gasteiger partial charge in [-0.05, 0) is 60.7 Å². The number of rotatable bonds is 5. The molecule has 176 valence electrons. The first kappa shape index (κ1) is 22.2.